The lowest BCUT2D eigenvalue weighted by atomic mass is 9.54. The highest BCUT2D eigenvalue weighted by Crippen LogP contribution is 2.69. The lowest BCUT2D eigenvalue weighted by molar-refractivity contribution is -0.287. The molecule has 1 aromatic heterocycles. The Bertz CT molecular complexity index is 1190. The Balaban J connectivity index is 2.08. The van der Waals surface area contributed by atoms with Crippen molar-refractivity contribution in [3.05, 3.63) is 55.7 Å². The van der Waals surface area contributed by atoms with Crippen molar-refractivity contribution in [2.75, 3.05) is 0 Å². The zero-order valence-corrected chi connectivity index (χ0v) is 18.2. The minimum atomic E-state index is -1.99. The highest BCUT2D eigenvalue weighted by atomic mass is 35.5. The van der Waals surface area contributed by atoms with Crippen molar-refractivity contribution in [3.63, 3.8) is 0 Å². The molecule has 4 unspecified atom stereocenters. The predicted octanol–water partition coefficient (Wildman–Crippen LogP) is 5.47. The summed E-state index contributed by atoms with van der Waals surface area (Å²) in [6.07, 6.45) is -1.13. The Morgan fingerprint density at radius 3 is 2.37 bits per heavy atom. The Morgan fingerprint density at radius 2 is 1.83 bits per heavy atom. The molecule has 30 heavy (non-hydrogen) atoms. The van der Waals surface area contributed by atoms with E-state index in [-0.39, 0.29) is 5.02 Å². The number of thiophene rings is 1. The summed E-state index contributed by atoms with van der Waals surface area (Å²) in [4.78, 5) is 0.623. The van der Waals surface area contributed by atoms with Gasteiger partial charge >= 0.3 is 0 Å². The van der Waals surface area contributed by atoms with E-state index in [4.69, 9.17) is 38.1 Å². The fourth-order valence-corrected chi connectivity index (χ4v) is 6.06. The Morgan fingerprint density at radius 1 is 1.13 bits per heavy atom. The van der Waals surface area contributed by atoms with Gasteiger partial charge in [0.05, 0.1) is 29.1 Å². The van der Waals surface area contributed by atoms with Crippen LogP contribution in [0.1, 0.15) is 29.0 Å². The van der Waals surface area contributed by atoms with E-state index in [2.05, 4.69) is 6.07 Å². The van der Waals surface area contributed by atoms with E-state index in [0.29, 0.717) is 15.5 Å². The van der Waals surface area contributed by atoms with Gasteiger partial charge in [-0.15, -0.1) is 11.3 Å². The van der Waals surface area contributed by atoms with Crippen molar-refractivity contribution in [1.29, 1.82) is 21.2 Å². The molecule has 2 bridgehead atoms. The summed E-state index contributed by atoms with van der Waals surface area (Å²) < 4.78 is 12.4. The normalized spacial score (nSPS) is 31.3. The number of hydrogen-bond donors (Lipinski definition) is 1. The highest BCUT2D eigenvalue weighted by Gasteiger charge is 2.80. The van der Waals surface area contributed by atoms with Crippen molar-refractivity contribution in [3.8, 4) is 18.2 Å². The third-order valence-electron chi connectivity index (χ3n) is 6.12. The second kappa shape index (κ2) is 6.71. The molecule has 9 heteroatoms. The second-order valence-corrected chi connectivity index (χ2v) is 9.15. The first-order valence-corrected chi connectivity index (χ1v) is 10.6. The summed E-state index contributed by atoms with van der Waals surface area (Å²) in [5.41, 5.74) is -2.66. The zero-order valence-electron chi connectivity index (χ0n) is 15.9. The molecule has 0 amide bonds. The third-order valence-corrected chi connectivity index (χ3v) is 7.73. The number of hydrogen-bond acceptors (Lipinski definition) is 7. The summed E-state index contributed by atoms with van der Waals surface area (Å²) in [5.74, 6) is -2.99. The van der Waals surface area contributed by atoms with Crippen LogP contribution < -0.4 is 0 Å². The first-order valence-electron chi connectivity index (χ1n) is 8.93. The topological polar surface area (TPSA) is 114 Å². The number of aryl methyl sites for hydroxylation is 1. The summed E-state index contributed by atoms with van der Waals surface area (Å²) >= 11 is 13.8. The molecule has 4 atom stereocenters. The van der Waals surface area contributed by atoms with Gasteiger partial charge in [0.2, 0.25) is 17.1 Å². The van der Waals surface area contributed by atoms with Gasteiger partial charge in [-0.3, -0.25) is 5.41 Å². The minimum absolute atomic E-state index is 0.235. The number of rotatable bonds is 2. The van der Waals surface area contributed by atoms with Gasteiger partial charge in [0.25, 0.3) is 0 Å². The fraction of sp³-hybridized carbons (Fsp3) is 0.333. The van der Waals surface area contributed by atoms with E-state index < -0.39 is 34.5 Å². The Labute approximate surface area is 187 Å². The summed E-state index contributed by atoms with van der Waals surface area (Å²) in [7, 11) is 0. The van der Waals surface area contributed by atoms with Gasteiger partial charge in [-0.1, -0.05) is 30.1 Å². The first kappa shape index (κ1) is 20.7. The average Bonchev–Trinajstić information content (AvgIpc) is 3.20. The molecular formula is C21H14Cl2N4O2S. The van der Waals surface area contributed by atoms with Crippen LogP contribution in [-0.4, -0.2) is 5.90 Å². The molecule has 0 saturated carbocycles. The van der Waals surface area contributed by atoms with Crippen LogP contribution in [-0.2, 0) is 15.3 Å². The molecule has 2 fully saturated rings. The van der Waals surface area contributed by atoms with Gasteiger partial charge in [-0.05, 0) is 42.1 Å². The van der Waals surface area contributed by atoms with Gasteiger partial charge in [0.1, 0.15) is 6.10 Å². The van der Waals surface area contributed by atoms with Crippen LogP contribution in [0.25, 0.3) is 0 Å². The van der Waals surface area contributed by atoms with Crippen LogP contribution in [0, 0.1) is 63.1 Å². The van der Waals surface area contributed by atoms with Crippen molar-refractivity contribution in [2.24, 2.45) is 16.7 Å². The number of ether oxygens (including phenoxy) is 2. The lowest BCUT2D eigenvalue weighted by Crippen LogP contribution is -2.57. The van der Waals surface area contributed by atoms with E-state index in [1.54, 1.807) is 19.1 Å². The standard InChI is InChI=1S/C21H14Cl2N4O2S/c1-11-5-6-30-16(11)17-19(8-24,9-25)20(10-26)12(2)21(28-17,29-18(20)27)14-4-3-13(22)7-15(14)23/h3-7,12,17,27H,1-2H3. The SMILES string of the molecule is Cc1ccsc1C1OC2(c3ccc(Cl)cc3Cl)OC(=N)C(C#N)(C2C)C1(C#N)C#N. The smallest absolute Gasteiger partial charge is 0.245 e. The molecule has 2 saturated heterocycles. The van der Waals surface area contributed by atoms with E-state index >= 15 is 0 Å². The van der Waals surface area contributed by atoms with Crippen LogP contribution in [0.3, 0.4) is 0 Å². The van der Waals surface area contributed by atoms with E-state index in [1.165, 1.54) is 17.4 Å². The largest absolute Gasteiger partial charge is 0.443 e. The summed E-state index contributed by atoms with van der Waals surface area (Å²) in [6, 6.07) is 12.7. The molecule has 3 heterocycles. The maximum atomic E-state index is 10.3. The quantitative estimate of drug-likeness (QED) is 0.642. The van der Waals surface area contributed by atoms with Crippen LogP contribution in [0.4, 0.5) is 0 Å². The van der Waals surface area contributed by atoms with Crippen molar-refractivity contribution in [2.45, 2.75) is 25.7 Å². The number of nitrogens with one attached hydrogen (secondary N) is 1. The van der Waals surface area contributed by atoms with E-state index in [9.17, 15) is 15.8 Å². The van der Waals surface area contributed by atoms with Crippen LogP contribution in [0.15, 0.2) is 29.6 Å². The van der Waals surface area contributed by atoms with Crippen molar-refractivity contribution in [1.82, 2.24) is 0 Å². The number of fused-ring (bicyclic) bond motifs is 2. The molecule has 1 N–H and O–H groups in total. The lowest BCUT2D eigenvalue weighted by Gasteiger charge is -2.48. The molecule has 2 aliphatic rings. The molecule has 4 rings (SSSR count). The van der Waals surface area contributed by atoms with Crippen LogP contribution in [0.2, 0.25) is 10.0 Å². The molecule has 150 valence electrons. The fourth-order valence-electron chi connectivity index (χ4n) is 4.50. The van der Waals surface area contributed by atoms with Gasteiger partial charge in [0, 0.05) is 15.5 Å². The number of nitriles is 3. The second-order valence-electron chi connectivity index (χ2n) is 7.36. The van der Waals surface area contributed by atoms with Crippen LogP contribution >= 0.6 is 34.5 Å². The van der Waals surface area contributed by atoms with Gasteiger partial charge in [-0.2, -0.15) is 15.8 Å². The maximum absolute atomic E-state index is 10.3. The molecule has 0 spiro atoms. The Hall–Kier alpha value is -2.60. The average molecular weight is 457 g/mol. The monoisotopic (exact) mass is 456 g/mol. The van der Waals surface area contributed by atoms with Crippen molar-refractivity contribution < 1.29 is 9.47 Å². The van der Waals surface area contributed by atoms with Gasteiger partial charge in [-0.25, -0.2) is 0 Å². The van der Waals surface area contributed by atoms with Crippen LogP contribution in [0.5, 0.6) is 0 Å². The number of halogens is 2. The number of nitrogens with zero attached hydrogens (tertiary/aromatic N) is 3. The molecule has 0 aliphatic carbocycles. The maximum Gasteiger partial charge on any atom is 0.245 e. The third kappa shape index (κ3) is 2.23. The molecule has 6 nitrogen and oxygen atoms in total. The molecule has 2 aromatic rings. The highest BCUT2D eigenvalue weighted by molar-refractivity contribution is 7.10. The molecule has 2 aliphatic heterocycles. The van der Waals surface area contributed by atoms with Gasteiger partial charge < -0.3 is 9.47 Å². The van der Waals surface area contributed by atoms with Gasteiger partial charge in [0.15, 0.2) is 5.41 Å². The van der Waals surface area contributed by atoms with E-state index in [0.717, 1.165) is 5.56 Å². The predicted molar refractivity (Wildman–Crippen MR) is 111 cm³/mol. The molecular weight excluding hydrogens is 443 g/mol. The zero-order chi connectivity index (χ0) is 21.9. The minimum Gasteiger partial charge on any atom is -0.443 e. The molecule has 0 radical (unpaired) electrons. The number of benzene rings is 1. The van der Waals surface area contributed by atoms with E-state index in [1.807, 2.05) is 30.5 Å². The summed E-state index contributed by atoms with van der Waals surface area (Å²) in [5, 5.41) is 41.7. The van der Waals surface area contributed by atoms with Crippen molar-refractivity contribution >= 4 is 40.4 Å². The molecule has 1 aromatic carbocycles. The Kier molecular flexibility index (Phi) is 4.62. The first-order chi connectivity index (χ1) is 14.2. The summed E-state index contributed by atoms with van der Waals surface area (Å²) in [6.45, 7) is 3.47.